The van der Waals surface area contributed by atoms with E-state index in [0.29, 0.717) is 0 Å². The third-order valence-corrected chi connectivity index (χ3v) is 14.0. The van der Waals surface area contributed by atoms with Gasteiger partial charge in [0.1, 0.15) is 0 Å². The number of nitrogens with zero attached hydrogens (tertiary/aromatic N) is 2. The largest absolute Gasteiger partial charge is 1.00 e. The third-order valence-electron chi connectivity index (χ3n) is 8.72. The van der Waals surface area contributed by atoms with Gasteiger partial charge in [0.25, 0.3) is 0 Å². The molecule has 3 aliphatic heterocycles. The second-order valence-corrected chi connectivity index (χ2v) is 16.8. The molecule has 9 rings (SSSR count). The van der Waals surface area contributed by atoms with Crippen LogP contribution < -0.4 is 62.0 Å². The summed E-state index contributed by atoms with van der Waals surface area (Å²) in [5.74, 6) is 0. The number of rotatable bonds is 0. The van der Waals surface area contributed by atoms with E-state index >= 15 is 0 Å². The van der Waals surface area contributed by atoms with Gasteiger partial charge in [0.05, 0.1) is 0 Å². The van der Waals surface area contributed by atoms with Crippen molar-refractivity contribution in [3.63, 3.8) is 0 Å². The van der Waals surface area contributed by atoms with Crippen molar-refractivity contribution in [3.8, 4) is 0 Å². The van der Waals surface area contributed by atoms with Gasteiger partial charge in [0, 0.05) is 0 Å². The number of anilines is 2. The zero-order chi connectivity index (χ0) is 25.4. The molecule has 0 amide bonds. The average Bonchev–Trinajstić information content (AvgIpc) is 3.60. The van der Waals surface area contributed by atoms with Gasteiger partial charge in [-0.1, -0.05) is 0 Å². The van der Waals surface area contributed by atoms with Crippen LogP contribution in [-0.2, 0) is 23.2 Å². The Bertz CT molecular complexity index is 2080. The van der Waals surface area contributed by atoms with E-state index in [1.165, 1.54) is 73.3 Å². The Morgan fingerprint density at radius 1 is 0.725 bits per heavy atom. The minimum Gasteiger partial charge on any atom is -1.00 e. The minimum absolute atomic E-state index is 0. The van der Waals surface area contributed by atoms with Gasteiger partial charge >= 0.3 is 255 Å². The van der Waals surface area contributed by atoms with E-state index in [9.17, 15) is 0 Å². The van der Waals surface area contributed by atoms with E-state index in [2.05, 4.69) is 129 Å². The second kappa shape index (κ2) is 9.62. The van der Waals surface area contributed by atoms with Crippen LogP contribution in [0.25, 0.3) is 23.3 Å². The van der Waals surface area contributed by atoms with Crippen LogP contribution in [0.5, 0.6) is 0 Å². The smallest absolute Gasteiger partial charge is 1.00 e. The molecule has 4 aromatic rings. The van der Waals surface area contributed by atoms with Gasteiger partial charge in [-0.25, -0.2) is 0 Å². The maximum absolute atomic E-state index is 3.90. The molecule has 0 saturated heterocycles. The van der Waals surface area contributed by atoms with Crippen LogP contribution in [0, 0.1) is 0 Å². The molecule has 4 aromatic carbocycles. The molecule has 2 unspecified atom stereocenters. The maximum atomic E-state index is 3.90. The second-order valence-electron chi connectivity index (χ2n) is 10.6. The zero-order valence-corrected chi connectivity index (χ0v) is 29.4. The fraction of sp³-hybridized carbons (Fsp3) is 0.125. The Kier molecular flexibility index (Phi) is 6.63. The Labute approximate surface area is 277 Å². The van der Waals surface area contributed by atoms with Crippen molar-refractivity contribution in [1.82, 2.24) is 0 Å². The standard InChI is InChI=1S/C32H20Br2N2S.2ClH.Zr/c1-35-25-15-19(34)10-12-22(25)32-26(35)13-17-5-3-8-29(30(17)32)37-28-7-4-6-20-23(28)16-27-31(20)21-11-9-18(33)14-24(21)36(27)2;;;/h3-10,13-16,26-27H,1-2H3;2*1H;/q;;;+2/p-2. The molecule has 2 aliphatic carbocycles. The Morgan fingerprint density at radius 2 is 1.32 bits per heavy atom. The molecule has 2 nitrogen and oxygen atoms in total. The number of likely N-dealkylation sites (N-methyl/N-ethyl adjacent to an activating group) is 2. The number of benzene rings is 4. The topological polar surface area (TPSA) is 6.48 Å². The van der Waals surface area contributed by atoms with Crippen molar-refractivity contribution in [3.05, 3.63) is 102 Å². The van der Waals surface area contributed by atoms with Crippen LogP contribution in [-0.4, -0.2) is 26.2 Å². The molecule has 3 heterocycles. The molecule has 4 bridgehead atoms. The van der Waals surface area contributed by atoms with Crippen molar-refractivity contribution in [1.29, 1.82) is 0 Å². The van der Waals surface area contributed by atoms with Crippen molar-refractivity contribution in [2.24, 2.45) is 0 Å². The van der Waals surface area contributed by atoms with Crippen LogP contribution in [0.15, 0.2) is 79.4 Å². The molecule has 2 atom stereocenters. The average molecular weight is 787 g/mol. The zero-order valence-electron chi connectivity index (χ0n) is 21.4. The molecular formula is C32H20Br2Cl2N2SZr. The van der Waals surface area contributed by atoms with Gasteiger partial charge < -0.3 is 24.8 Å². The summed E-state index contributed by atoms with van der Waals surface area (Å²) >= 11 is 8.53. The predicted octanol–water partition coefficient (Wildman–Crippen LogP) is -2.66. The summed E-state index contributed by atoms with van der Waals surface area (Å²) in [4.78, 5) is 7.71. The SMILES string of the molecule is CN1c2cc(Br)c[c]3c2C2=c4cccc(c4=CC21)Sc1cccc2c1=C1c4[c](cc(Br)cc4N(C)C1C=2)[Zr+2]3.[Cl-].[Cl-]. The molecule has 0 radical (unpaired) electrons. The third kappa shape index (κ3) is 3.56. The van der Waals surface area contributed by atoms with E-state index in [1.54, 1.807) is 6.54 Å². The first-order chi connectivity index (χ1) is 18.5. The molecule has 8 heteroatoms. The first-order valence-corrected chi connectivity index (χ1v) is 17.6. The normalized spacial score (nSPS) is 19.2. The molecular weight excluding hydrogens is 766 g/mol. The van der Waals surface area contributed by atoms with E-state index in [-0.39, 0.29) is 36.9 Å². The van der Waals surface area contributed by atoms with Gasteiger partial charge in [0.15, 0.2) is 0 Å². The molecule has 196 valence electrons. The summed E-state index contributed by atoms with van der Waals surface area (Å²) in [5.41, 5.74) is 8.71. The van der Waals surface area contributed by atoms with E-state index in [1.807, 2.05) is 11.8 Å². The van der Waals surface area contributed by atoms with Crippen molar-refractivity contribution < 1.29 is 48.0 Å². The molecule has 5 aliphatic rings. The van der Waals surface area contributed by atoms with Gasteiger partial charge in [-0.2, -0.15) is 0 Å². The van der Waals surface area contributed by atoms with Gasteiger partial charge in [-0.15, -0.1) is 0 Å². The molecule has 40 heavy (non-hydrogen) atoms. The molecule has 0 N–H and O–H groups in total. The van der Waals surface area contributed by atoms with E-state index < -0.39 is 23.2 Å². The summed E-state index contributed by atoms with van der Waals surface area (Å²) in [6, 6.07) is 23.9. The summed E-state index contributed by atoms with van der Waals surface area (Å²) < 4.78 is 5.49. The van der Waals surface area contributed by atoms with Crippen LogP contribution in [0.4, 0.5) is 11.4 Å². The van der Waals surface area contributed by atoms with Crippen molar-refractivity contribution in [2.75, 3.05) is 23.9 Å². The summed E-state index contributed by atoms with van der Waals surface area (Å²) in [6.45, 7) is 0. The number of hydrogen-bond donors (Lipinski definition) is 0. The fourth-order valence-electron chi connectivity index (χ4n) is 7.14. The molecule has 0 fully saturated rings. The van der Waals surface area contributed by atoms with Crippen LogP contribution >= 0.6 is 43.6 Å². The fourth-order valence-corrected chi connectivity index (χ4v) is 14.0. The predicted molar refractivity (Wildman–Crippen MR) is 161 cm³/mol. The number of halogens is 4. The summed E-state index contributed by atoms with van der Waals surface area (Å²) in [6.07, 6.45) is 4.99. The Balaban J connectivity index is 0.00000132. The monoisotopic (exact) mass is 782 g/mol. The van der Waals surface area contributed by atoms with Gasteiger partial charge in [-0.3, -0.25) is 0 Å². The quantitative estimate of drug-likeness (QED) is 0.193. The number of hydrogen-bond acceptors (Lipinski definition) is 3. The molecule has 0 saturated carbocycles. The summed E-state index contributed by atoms with van der Waals surface area (Å²) in [7, 11) is 4.53. The molecule has 0 aromatic heterocycles. The Morgan fingerprint density at radius 3 is 2.02 bits per heavy atom. The van der Waals surface area contributed by atoms with Crippen molar-refractivity contribution >= 4 is 84.8 Å². The van der Waals surface area contributed by atoms with E-state index in [4.69, 9.17) is 0 Å². The van der Waals surface area contributed by atoms with E-state index in [0.717, 1.165) is 0 Å². The first-order valence-electron chi connectivity index (χ1n) is 12.8. The van der Waals surface area contributed by atoms with Crippen LogP contribution in [0.2, 0.25) is 0 Å². The minimum atomic E-state index is -1.20. The Hall–Kier alpha value is -1.27. The van der Waals surface area contributed by atoms with Gasteiger partial charge in [-0.05, 0) is 0 Å². The first kappa shape index (κ1) is 27.6. The van der Waals surface area contributed by atoms with Crippen LogP contribution in [0.3, 0.4) is 0 Å². The van der Waals surface area contributed by atoms with Gasteiger partial charge in [0.2, 0.25) is 0 Å². The van der Waals surface area contributed by atoms with Crippen molar-refractivity contribution in [2.45, 2.75) is 21.9 Å². The van der Waals surface area contributed by atoms with Crippen LogP contribution in [0.1, 0.15) is 11.1 Å². The maximum Gasteiger partial charge on any atom is -1.00 e. The molecule has 0 spiro atoms. The summed E-state index contributed by atoms with van der Waals surface area (Å²) in [5, 5.41) is 5.63.